The first-order chi connectivity index (χ1) is 8.65. The van der Waals surface area contributed by atoms with Crippen molar-refractivity contribution >= 4 is 15.9 Å². The highest BCUT2D eigenvalue weighted by Gasteiger charge is 2.12. The van der Waals surface area contributed by atoms with Gasteiger partial charge in [-0.3, -0.25) is 0 Å². The molecule has 1 aromatic carbocycles. The molecule has 0 heterocycles. The lowest BCUT2D eigenvalue weighted by molar-refractivity contribution is 0.383. The van der Waals surface area contributed by atoms with Gasteiger partial charge in [-0.1, -0.05) is 67.6 Å². The first kappa shape index (κ1) is 15.7. The van der Waals surface area contributed by atoms with Crippen LogP contribution in [0.1, 0.15) is 51.5 Å². The molecule has 0 radical (unpaired) electrons. The number of unbranched alkanes of at least 4 members (excludes halogenated alkanes) is 1. The maximum atomic E-state index is 6.28. The second-order valence-corrected chi connectivity index (χ2v) is 6.16. The Kier molecular flexibility index (Phi) is 7.60. The predicted octanol–water partition coefficient (Wildman–Crippen LogP) is 4.93. The quantitative estimate of drug-likeness (QED) is 0.724. The van der Waals surface area contributed by atoms with Gasteiger partial charge < -0.3 is 5.73 Å². The van der Waals surface area contributed by atoms with Gasteiger partial charge in [-0.05, 0) is 36.5 Å². The Morgan fingerprint density at radius 1 is 1.17 bits per heavy atom. The van der Waals surface area contributed by atoms with Crippen LogP contribution in [0.15, 0.2) is 28.7 Å². The van der Waals surface area contributed by atoms with Crippen molar-refractivity contribution in [2.24, 2.45) is 11.7 Å². The molecule has 18 heavy (non-hydrogen) atoms. The minimum absolute atomic E-state index is 0.299. The molecule has 0 aliphatic rings. The maximum absolute atomic E-state index is 6.28. The van der Waals surface area contributed by atoms with Crippen molar-refractivity contribution in [1.82, 2.24) is 0 Å². The summed E-state index contributed by atoms with van der Waals surface area (Å²) in [5.74, 6) is 0.801. The van der Waals surface area contributed by atoms with E-state index in [-0.39, 0.29) is 0 Å². The third-order valence-corrected chi connectivity index (χ3v) is 4.12. The molecule has 1 nitrogen and oxygen atoms in total. The third kappa shape index (κ3) is 6.01. The molecule has 2 heteroatoms. The van der Waals surface area contributed by atoms with Gasteiger partial charge in [-0.2, -0.15) is 0 Å². The summed E-state index contributed by atoms with van der Waals surface area (Å²) >= 11 is 3.46. The van der Waals surface area contributed by atoms with Gasteiger partial charge in [0.1, 0.15) is 0 Å². The van der Waals surface area contributed by atoms with Crippen LogP contribution in [0, 0.1) is 5.92 Å². The van der Waals surface area contributed by atoms with Crippen molar-refractivity contribution < 1.29 is 0 Å². The second-order valence-electron chi connectivity index (χ2n) is 5.24. The molecule has 2 unspecified atom stereocenters. The zero-order chi connectivity index (χ0) is 13.4. The van der Waals surface area contributed by atoms with Gasteiger partial charge in [-0.25, -0.2) is 0 Å². The molecule has 0 amide bonds. The minimum Gasteiger partial charge on any atom is -0.327 e. The molecule has 1 aromatic rings. The molecule has 0 aromatic heterocycles. The summed E-state index contributed by atoms with van der Waals surface area (Å²) in [6.45, 7) is 4.54. The standard InChI is InChI=1S/C16H26BrN/c1-3-5-6-13(4-2)11-16(18)12-14-7-9-15(17)10-8-14/h7-10,13,16H,3-6,11-12,18H2,1-2H3. The van der Waals surface area contributed by atoms with Crippen molar-refractivity contribution in [2.75, 3.05) is 0 Å². The van der Waals surface area contributed by atoms with E-state index in [4.69, 9.17) is 5.73 Å². The molecule has 0 saturated heterocycles. The molecular formula is C16H26BrN. The lowest BCUT2D eigenvalue weighted by atomic mass is 9.90. The van der Waals surface area contributed by atoms with Crippen LogP contribution in [-0.2, 0) is 6.42 Å². The van der Waals surface area contributed by atoms with Crippen molar-refractivity contribution in [1.29, 1.82) is 0 Å². The van der Waals surface area contributed by atoms with Gasteiger partial charge in [0.2, 0.25) is 0 Å². The molecule has 0 fully saturated rings. The Bertz CT molecular complexity index is 320. The summed E-state index contributed by atoms with van der Waals surface area (Å²) in [6.07, 6.45) is 7.37. The van der Waals surface area contributed by atoms with Crippen LogP contribution in [0.25, 0.3) is 0 Å². The number of hydrogen-bond acceptors (Lipinski definition) is 1. The Morgan fingerprint density at radius 2 is 1.83 bits per heavy atom. The molecule has 0 spiro atoms. The van der Waals surface area contributed by atoms with Gasteiger partial charge in [0, 0.05) is 10.5 Å². The topological polar surface area (TPSA) is 26.0 Å². The molecule has 0 aliphatic heterocycles. The minimum atomic E-state index is 0.299. The Morgan fingerprint density at radius 3 is 2.39 bits per heavy atom. The summed E-state index contributed by atoms with van der Waals surface area (Å²) < 4.78 is 1.13. The van der Waals surface area contributed by atoms with Crippen molar-refractivity contribution in [3.05, 3.63) is 34.3 Å². The molecule has 0 aliphatic carbocycles. The van der Waals surface area contributed by atoms with E-state index < -0.39 is 0 Å². The number of hydrogen-bond donors (Lipinski definition) is 1. The van der Waals surface area contributed by atoms with Crippen molar-refractivity contribution in [3.63, 3.8) is 0 Å². The average molecular weight is 312 g/mol. The first-order valence-corrected chi connectivity index (χ1v) is 7.95. The normalized spacial score (nSPS) is 14.4. The lowest BCUT2D eigenvalue weighted by Gasteiger charge is -2.19. The molecule has 102 valence electrons. The number of halogens is 1. The highest BCUT2D eigenvalue weighted by molar-refractivity contribution is 9.10. The molecule has 0 bridgehead atoms. The third-order valence-electron chi connectivity index (χ3n) is 3.59. The van der Waals surface area contributed by atoms with Crippen LogP contribution in [0.2, 0.25) is 0 Å². The summed E-state index contributed by atoms with van der Waals surface area (Å²) in [5.41, 5.74) is 7.62. The van der Waals surface area contributed by atoms with Crippen LogP contribution in [-0.4, -0.2) is 6.04 Å². The van der Waals surface area contributed by atoms with Gasteiger partial charge in [0.25, 0.3) is 0 Å². The summed E-state index contributed by atoms with van der Waals surface area (Å²) in [5, 5.41) is 0. The summed E-state index contributed by atoms with van der Waals surface area (Å²) in [4.78, 5) is 0. The molecule has 0 saturated carbocycles. The zero-order valence-corrected chi connectivity index (χ0v) is 13.2. The van der Waals surface area contributed by atoms with Crippen LogP contribution in [0.3, 0.4) is 0 Å². The van der Waals surface area contributed by atoms with Crippen LogP contribution >= 0.6 is 15.9 Å². The molecule has 1 rings (SSSR count). The predicted molar refractivity (Wildman–Crippen MR) is 83.7 cm³/mol. The number of benzene rings is 1. The zero-order valence-electron chi connectivity index (χ0n) is 11.7. The van der Waals surface area contributed by atoms with Crippen LogP contribution in [0.5, 0.6) is 0 Å². The summed E-state index contributed by atoms with van der Waals surface area (Å²) in [6, 6.07) is 8.81. The fourth-order valence-electron chi connectivity index (χ4n) is 2.42. The lowest BCUT2D eigenvalue weighted by Crippen LogP contribution is -2.26. The summed E-state index contributed by atoms with van der Waals surface area (Å²) in [7, 11) is 0. The van der Waals surface area contributed by atoms with E-state index in [1.165, 1.54) is 31.2 Å². The Hall–Kier alpha value is -0.340. The highest BCUT2D eigenvalue weighted by atomic mass is 79.9. The van der Waals surface area contributed by atoms with E-state index in [0.717, 1.165) is 23.2 Å². The average Bonchev–Trinajstić information content (AvgIpc) is 2.37. The fourth-order valence-corrected chi connectivity index (χ4v) is 2.68. The van der Waals surface area contributed by atoms with Gasteiger partial charge in [0.05, 0.1) is 0 Å². The Labute approximate surface area is 120 Å². The first-order valence-electron chi connectivity index (χ1n) is 7.15. The van der Waals surface area contributed by atoms with Gasteiger partial charge in [-0.15, -0.1) is 0 Å². The van der Waals surface area contributed by atoms with Crippen molar-refractivity contribution in [2.45, 2.75) is 58.4 Å². The molecule has 2 N–H and O–H groups in total. The SMILES string of the molecule is CCCCC(CC)CC(N)Cc1ccc(Br)cc1. The highest BCUT2D eigenvalue weighted by Crippen LogP contribution is 2.20. The van der Waals surface area contributed by atoms with Crippen LogP contribution in [0.4, 0.5) is 0 Å². The van der Waals surface area contributed by atoms with E-state index in [1.54, 1.807) is 0 Å². The monoisotopic (exact) mass is 311 g/mol. The van der Waals surface area contributed by atoms with E-state index in [2.05, 4.69) is 54.0 Å². The van der Waals surface area contributed by atoms with E-state index in [9.17, 15) is 0 Å². The molecular weight excluding hydrogens is 286 g/mol. The van der Waals surface area contributed by atoms with Crippen molar-refractivity contribution in [3.8, 4) is 0 Å². The van der Waals surface area contributed by atoms with Crippen LogP contribution < -0.4 is 5.73 Å². The largest absolute Gasteiger partial charge is 0.327 e. The smallest absolute Gasteiger partial charge is 0.0175 e. The fraction of sp³-hybridized carbons (Fsp3) is 0.625. The van der Waals surface area contributed by atoms with E-state index >= 15 is 0 Å². The maximum Gasteiger partial charge on any atom is 0.0175 e. The number of nitrogens with two attached hydrogens (primary N) is 1. The second kappa shape index (κ2) is 8.71. The number of rotatable bonds is 8. The Balaban J connectivity index is 2.39. The molecule has 2 atom stereocenters. The van der Waals surface area contributed by atoms with Gasteiger partial charge in [0.15, 0.2) is 0 Å². The van der Waals surface area contributed by atoms with E-state index in [1.807, 2.05) is 0 Å². The van der Waals surface area contributed by atoms with Gasteiger partial charge >= 0.3 is 0 Å². The van der Waals surface area contributed by atoms with E-state index in [0.29, 0.717) is 6.04 Å².